The quantitative estimate of drug-likeness (QED) is 0.885. The van der Waals surface area contributed by atoms with Gasteiger partial charge in [0.25, 0.3) is 0 Å². The molecule has 2 unspecified atom stereocenters. The zero-order valence-corrected chi connectivity index (χ0v) is 14.5. The number of nitrogens with zero attached hydrogens (tertiary/aromatic N) is 1. The number of likely N-dealkylation sites (tertiary alicyclic amines) is 1. The number of aliphatic hydroxyl groups is 2. The Kier molecular flexibility index (Phi) is 5.04. The average Bonchev–Trinajstić information content (AvgIpc) is 3.16. The van der Waals surface area contributed by atoms with E-state index in [9.17, 15) is 10.2 Å². The van der Waals surface area contributed by atoms with Gasteiger partial charge in [-0.2, -0.15) is 0 Å². The van der Waals surface area contributed by atoms with Crippen LogP contribution in [0, 0.1) is 0 Å². The van der Waals surface area contributed by atoms with E-state index < -0.39 is 17.7 Å². The fourth-order valence-electron chi connectivity index (χ4n) is 3.65. The normalized spacial score (nSPS) is 18.5. The van der Waals surface area contributed by atoms with Crippen LogP contribution in [-0.4, -0.2) is 40.5 Å². The molecule has 0 spiro atoms. The smallest absolute Gasteiger partial charge is 0.134 e. The molecule has 1 heterocycles. The molecule has 2 atom stereocenters. The van der Waals surface area contributed by atoms with Crippen molar-refractivity contribution >= 4 is 0 Å². The third kappa shape index (κ3) is 3.25. The van der Waals surface area contributed by atoms with Crippen molar-refractivity contribution in [3.05, 3.63) is 60.2 Å². The molecule has 3 rings (SSSR count). The van der Waals surface area contributed by atoms with Crippen molar-refractivity contribution in [1.82, 2.24) is 4.90 Å². The molecule has 1 aliphatic heterocycles. The first-order valence-corrected chi connectivity index (χ1v) is 8.77. The minimum atomic E-state index is -0.847. The summed E-state index contributed by atoms with van der Waals surface area (Å²) in [6.07, 6.45) is 0.502. The fourth-order valence-corrected chi connectivity index (χ4v) is 3.65. The number of hydrogen-bond donors (Lipinski definition) is 2. The Hall–Kier alpha value is -1.68. The van der Waals surface area contributed by atoms with Crippen molar-refractivity contribution in [3.8, 4) is 11.1 Å². The molecule has 0 radical (unpaired) electrons. The number of aliphatic hydroxyl groups excluding tert-OH is 2. The summed E-state index contributed by atoms with van der Waals surface area (Å²) in [6, 6.07) is 18.4. The van der Waals surface area contributed by atoms with Gasteiger partial charge in [-0.05, 0) is 29.5 Å². The highest BCUT2D eigenvalue weighted by Gasteiger charge is 2.39. The molecule has 128 valence electrons. The van der Waals surface area contributed by atoms with E-state index in [0.29, 0.717) is 0 Å². The van der Waals surface area contributed by atoms with Crippen LogP contribution in [0.2, 0.25) is 0 Å². The van der Waals surface area contributed by atoms with E-state index in [1.165, 1.54) is 0 Å². The number of rotatable bonds is 5. The van der Waals surface area contributed by atoms with Gasteiger partial charge in [-0.15, -0.1) is 0 Å². The molecule has 0 aliphatic carbocycles. The molecule has 1 saturated heterocycles. The van der Waals surface area contributed by atoms with E-state index in [4.69, 9.17) is 0 Å². The highest BCUT2D eigenvalue weighted by atomic mass is 16.3. The molecule has 0 saturated carbocycles. The van der Waals surface area contributed by atoms with E-state index in [-0.39, 0.29) is 0 Å². The fraction of sp³-hybridized carbons (Fsp3) is 0.429. The summed E-state index contributed by atoms with van der Waals surface area (Å²) in [5.74, 6) is 0. The summed E-state index contributed by atoms with van der Waals surface area (Å²) >= 11 is 0. The molecule has 1 aliphatic rings. The molecule has 0 bridgehead atoms. The van der Waals surface area contributed by atoms with Gasteiger partial charge in [0.1, 0.15) is 12.3 Å². The summed E-state index contributed by atoms with van der Waals surface area (Å²) in [7, 11) is 0. The van der Waals surface area contributed by atoms with Crippen LogP contribution in [0.1, 0.15) is 32.3 Å². The second-order valence-electron chi connectivity index (χ2n) is 7.23. The average molecular weight is 325 g/mol. The highest BCUT2D eigenvalue weighted by Crippen LogP contribution is 2.37. The lowest BCUT2D eigenvalue weighted by Gasteiger charge is -2.38. The van der Waals surface area contributed by atoms with Crippen LogP contribution in [0.25, 0.3) is 11.1 Å². The molecule has 0 amide bonds. The van der Waals surface area contributed by atoms with Gasteiger partial charge in [0.05, 0.1) is 0 Å². The summed E-state index contributed by atoms with van der Waals surface area (Å²) in [5, 5.41) is 21.6. The predicted octanol–water partition coefficient (Wildman–Crippen LogP) is 3.41. The second-order valence-corrected chi connectivity index (χ2v) is 7.23. The third-order valence-electron chi connectivity index (χ3n) is 5.24. The Bertz CT molecular complexity index is 663. The third-order valence-corrected chi connectivity index (χ3v) is 5.24. The standard InChI is InChI=1S/C21H27NO2/c1-21(2,19(23)20(24)22-14-8-9-15-22)18-13-7-6-12-17(18)16-10-4-3-5-11-16/h3-7,10-13,19-20,23-24H,8-9,14-15H2,1-2H3. The van der Waals surface area contributed by atoms with E-state index in [1.54, 1.807) is 0 Å². The first kappa shape index (κ1) is 17.2. The molecule has 24 heavy (non-hydrogen) atoms. The molecule has 1 fully saturated rings. The molecule has 2 aromatic rings. The Morgan fingerprint density at radius 2 is 1.46 bits per heavy atom. The van der Waals surface area contributed by atoms with Crippen molar-refractivity contribution < 1.29 is 10.2 Å². The highest BCUT2D eigenvalue weighted by molar-refractivity contribution is 5.68. The maximum Gasteiger partial charge on any atom is 0.134 e. The molecular formula is C21H27NO2. The van der Waals surface area contributed by atoms with E-state index in [2.05, 4.69) is 24.3 Å². The Morgan fingerprint density at radius 1 is 0.875 bits per heavy atom. The largest absolute Gasteiger partial charge is 0.388 e. The van der Waals surface area contributed by atoms with Crippen LogP contribution >= 0.6 is 0 Å². The lowest BCUT2D eigenvalue weighted by atomic mass is 9.75. The first-order valence-electron chi connectivity index (χ1n) is 8.77. The van der Waals surface area contributed by atoms with Gasteiger partial charge in [-0.3, -0.25) is 4.90 Å². The van der Waals surface area contributed by atoms with Gasteiger partial charge >= 0.3 is 0 Å². The summed E-state index contributed by atoms with van der Waals surface area (Å²) in [5.41, 5.74) is 2.73. The maximum absolute atomic E-state index is 10.9. The van der Waals surface area contributed by atoms with Crippen LogP contribution in [-0.2, 0) is 5.41 Å². The molecular weight excluding hydrogens is 298 g/mol. The van der Waals surface area contributed by atoms with Gasteiger partial charge in [-0.1, -0.05) is 68.4 Å². The van der Waals surface area contributed by atoms with E-state index in [0.717, 1.165) is 42.6 Å². The topological polar surface area (TPSA) is 43.7 Å². The van der Waals surface area contributed by atoms with Gasteiger partial charge in [-0.25, -0.2) is 0 Å². The van der Waals surface area contributed by atoms with Crippen molar-refractivity contribution in [2.45, 2.75) is 44.4 Å². The van der Waals surface area contributed by atoms with Gasteiger partial charge < -0.3 is 10.2 Å². The van der Waals surface area contributed by atoms with Crippen molar-refractivity contribution in [2.24, 2.45) is 0 Å². The molecule has 0 aromatic heterocycles. The second kappa shape index (κ2) is 7.06. The Balaban J connectivity index is 1.95. The Morgan fingerprint density at radius 3 is 2.12 bits per heavy atom. The van der Waals surface area contributed by atoms with Gasteiger partial charge in [0.2, 0.25) is 0 Å². The van der Waals surface area contributed by atoms with Crippen LogP contribution in [0.5, 0.6) is 0 Å². The molecule has 3 heteroatoms. The molecule has 3 nitrogen and oxygen atoms in total. The van der Waals surface area contributed by atoms with Crippen LogP contribution in [0.4, 0.5) is 0 Å². The Labute approximate surface area is 144 Å². The van der Waals surface area contributed by atoms with Gasteiger partial charge in [0, 0.05) is 18.5 Å². The summed E-state index contributed by atoms with van der Waals surface area (Å²) in [6.45, 7) is 5.74. The summed E-state index contributed by atoms with van der Waals surface area (Å²) in [4.78, 5) is 1.98. The minimum Gasteiger partial charge on any atom is -0.388 e. The zero-order chi connectivity index (χ0) is 17.2. The number of benzene rings is 2. The zero-order valence-electron chi connectivity index (χ0n) is 14.5. The van der Waals surface area contributed by atoms with Crippen LogP contribution in [0.3, 0.4) is 0 Å². The van der Waals surface area contributed by atoms with Gasteiger partial charge in [0.15, 0.2) is 0 Å². The molecule has 2 aromatic carbocycles. The number of hydrogen-bond acceptors (Lipinski definition) is 3. The first-order chi connectivity index (χ1) is 11.5. The lowest BCUT2D eigenvalue weighted by Crippen LogP contribution is -2.50. The van der Waals surface area contributed by atoms with E-state index >= 15 is 0 Å². The van der Waals surface area contributed by atoms with Crippen LogP contribution < -0.4 is 0 Å². The van der Waals surface area contributed by atoms with Crippen molar-refractivity contribution in [2.75, 3.05) is 13.1 Å². The van der Waals surface area contributed by atoms with Crippen molar-refractivity contribution in [1.29, 1.82) is 0 Å². The maximum atomic E-state index is 10.9. The minimum absolute atomic E-state index is 0.561. The lowest BCUT2D eigenvalue weighted by molar-refractivity contribution is -0.0996. The SMILES string of the molecule is CC(C)(c1ccccc1-c1ccccc1)C(O)C(O)N1CCCC1. The van der Waals surface area contributed by atoms with E-state index in [1.807, 2.05) is 49.1 Å². The van der Waals surface area contributed by atoms with Crippen molar-refractivity contribution in [3.63, 3.8) is 0 Å². The molecule has 2 N–H and O–H groups in total. The monoisotopic (exact) mass is 325 g/mol. The summed E-state index contributed by atoms with van der Waals surface area (Å²) < 4.78 is 0. The predicted molar refractivity (Wildman–Crippen MR) is 97.7 cm³/mol. The van der Waals surface area contributed by atoms with Crippen LogP contribution in [0.15, 0.2) is 54.6 Å².